The molecule has 0 N–H and O–H groups in total. The molecule has 2 aromatic carbocycles. The molecule has 27 heavy (non-hydrogen) atoms. The van der Waals surface area contributed by atoms with E-state index in [0.717, 1.165) is 29.0 Å². The van der Waals surface area contributed by atoms with E-state index in [0.29, 0.717) is 6.42 Å². The lowest BCUT2D eigenvalue weighted by molar-refractivity contribution is -0.121. The molecule has 0 spiro atoms. The first kappa shape index (κ1) is 17.8. The Morgan fingerprint density at radius 1 is 1.15 bits per heavy atom. The van der Waals surface area contributed by atoms with Crippen LogP contribution in [0.1, 0.15) is 22.9 Å². The van der Waals surface area contributed by atoms with Crippen LogP contribution in [0, 0.1) is 0 Å². The molecule has 1 aliphatic rings. The molecule has 138 valence electrons. The summed E-state index contributed by atoms with van der Waals surface area (Å²) >= 11 is 1.71. The van der Waals surface area contributed by atoms with E-state index >= 15 is 0 Å². The third kappa shape index (κ3) is 3.48. The van der Waals surface area contributed by atoms with Crippen LogP contribution >= 0.6 is 11.3 Å². The van der Waals surface area contributed by atoms with Crippen molar-refractivity contribution < 1.29 is 9.53 Å². The van der Waals surface area contributed by atoms with Gasteiger partial charge in [0.25, 0.3) is 0 Å². The number of carbonyl (C=O) groups is 1. The molecule has 1 unspecified atom stereocenters. The van der Waals surface area contributed by atoms with Gasteiger partial charge in [-0.3, -0.25) is 9.69 Å². The van der Waals surface area contributed by atoms with E-state index < -0.39 is 6.23 Å². The van der Waals surface area contributed by atoms with E-state index in [-0.39, 0.29) is 5.91 Å². The monoisotopic (exact) mass is 378 g/mol. The quantitative estimate of drug-likeness (QED) is 0.649. The van der Waals surface area contributed by atoms with Crippen molar-refractivity contribution in [2.45, 2.75) is 19.2 Å². The number of hydrogen-bond acceptors (Lipinski definition) is 4. The number of amides is 1. The second-order valence-electron chi connectivity index (χ2n) is 6.73. The van der Waals surface area contributed by atoms with Crippen molar-refractivity contribution in [1.29, 1.82) is 0 Å². The largest absolute Gasteiger partial charge is 0.370 e. The molecular weight excluding hydrogens is 356 g/mol. The van der Waals surface area contributed by atoms with E-state index in [2.05, 4.69) is 40.9 Å². The zero-order chi connectivity index (χ0) is 18.8. The molecule has 0 saturated carbocycles. The number of anilines is 2. The number of ether oxygens (including phenoxy) is 1. The molecule has 0 aliphatic carbocycles. The fourth-order valence-electron chi connectivity index (χ4n) is 3.58. The second kappa shape index (κ2) is 7.55. The van der Waals surface area contributed by atoms with Gasteiger partial charge in [0.2, 0.25) is 5.91 Å². The predicted octanol–water partition coefficient (Wildman–Crippen LogP) is 4.62. The summed E-state index contributed by atoms with van der Waals surface area (Å²) in [5, 5.41) is 4.26. The number of thiophene rings is 1. The van der Waals surface area contributed by atoms with E-state index in [1.165, 1.54) is 5.56 Å². The summed E-state index contributed by atoms with van der Waals surface area (Å²) in [6.45, 7) is 0.861. The number of carbonyl (C=O) groups excluding carboxylic acids is 1. The van der Waals surface area contributed by atoms with Gasteiger partial charge in [-0.05, 0) is 52.2 Å². The number of benzene rings is 2. The van der Waals surface area contributed by atoms with Crippen LogP contribution in [-0.4, -0.2) is 20.1 Å². The molecule has 1 aromatic heterocycles. The molecule has 1 aliphatic heterocycles. The first-order valence-electron chi connectivity index (χ1n) is 8.92. The standard InChI is InChI=1S/C22H22N2O2S/c1-23(14-16-11-12-27-15-16)18-7-9-19(10-8-18)24-21(25)13-17-5-3-4-6-20(17)22(24)26-2/h3-12,15,22H,13-14H2,1-2H3. The first-order chi connectivity index (χ1) is 13.2. The van der Waals surface area contributed by atoms with Crippen molar-refractivity contribution in [1.82, 2.24) is 0 Å². The summed E-state index contributed by atoms with van der Waals surface area (Å²) in [6, 6.07) is 18.2. The van der Waals surface area contributed by atoms with Gasteiger partial charge in [-0.25, -0.2) is 0 Å². The van der Waals surface area contributed by atoms with Gasteiger partial charge in [-0.1, -0.05) is 24.3 Å². The van der Waals surface area contributed by atoms with Crippen LogP contribution in [0.5, 0.6) is 0 Å². The van der Waals surface area contributed by atoms with Gasteiger partial charge in [0.1, 0.15) is 0 Å². The summed E-state index contributed by atoms with van der Waals surface area (Å²) in [5.74, 6) is 0.0555. The van der Waals surface area contributed by atoms with Crippen molar-refractivity contribution in [3.63, 3.8) is 0 Å². The van der Waals surface area contributed by atoms with Crippen LogP contribution in [0.25, 0.3) is 0 Å². The van der Waals surface area contributed by atoms with Crippen LogP contribution in [0.2, 0.25) is 0 Å². The fourth-order valence-corrected chi connectivity index (χ4v) is 4.24. The highest BCUT2D eigenvalue weighted by molar-refractivity contribution is 7.07. The number of nitrogens with zero attached hydrogens (tertiary/aromatic N) is 2. The first-order valence-corrected chi connectivity index (χ1v) is 9.86. The molecule has 0 fully saturated rings. The van der Waals surface area contributed by atoms with Crippen molar-refractivity contribution in [3.05, 3.63) is 82.0 Å². The molecule has 0 saturated heterocycles. The van der Waals surface area contributed by atoms with Crippen molar-refractivity contribution in [2.24, 2.45) is 0 Å². The minimum absolute atomic E-state index is 0.0555. The van der Waals surface area contributed by atoms with E-state index in [9.17, 15) is 4.79 Å². The molecule has 2 heterocycles. The summed E-state index contributed by atoms with van der Waals surface area (Å²) in [6.07, 6.45) is 0.00684. The normalized spacial score (nSPS) is 16.3. The highest BCUT2D eigenvalue weighted by Gasteiger charge is 2.33. The Hall–Kier alpha value is -2.63. The molecule has 0 radical (unpaired) electrons. The van der Waals surface area contributed by atoms with Gasteiger partial charge in [0, 0.05) is 37.6 Å². The maximum atomic E-state index is 12.8. The molecule has 5 heteroatoms. The number of fused-ring (bicyclic) bond motifs is 1. The van der Waals surface area contributed by atoms with Gasteiger partial charge in [0.15, 0.2) is 6.23 Å². The Bertz CT molecular complexity index is 922. The zero-order valence-corrected chi connectivity index (χ0v) is 16.3. The molecule has 1 amide bonds. The second-order valence-corrected chi connectivity index (χ2v) is 7.51. The Balaban J connectivity index is 1.58. The maximum Gasteiger partial charge on any atom is 0.233 e. The van der Waals surface area contributed by atoms with Gasteiger partial charge in [-0.15, -0.1) is 0 Å². The number of rotatable bonds is 5. The highest BCUT2D eigenvalue weighted by atomic mass is 32.1. The number of hydrogen-bond donors (Lipinski definition) is 0. The fraction of sp³-hybridized carbons (Fsp3) is 0.227. The molecule has 1 atom stereocenters. The van der Waals surface area contributed by atoms with Gasteiger partial charge in [-0.2, -0.15) is 11.3 Å². The molecule has 4 nitrogen and oxygen atoms in total. The van der Waals surface area contributed by atoms with Crippen LogP contribution in [0.3, 0.4) is 0 Å². The molecule has 0 bridgehead atoms. The third-order valence-electron chi connectivity index (χ3n) is 4.96. The summed E-state index contributed by atoms with van der Waals surface area (Å²) in [5.41, 5.74) is 5.36. The summed E-state index contributed by atoms with van der Waals surface area (Å²) in [7, 11) is 3.73. The minimum Gasteiger partial charge on any atom is -0.370 e. The smallest absolute Gasteiger partial charge is 0.233 e. The van der Waals surface area contributed by atoms with Crippen molar-refractivity contribution >= 4 is 28.6 Å². The average Bonchev–Trinajstić information content (AvgIpc) is 3.20. The van der Waals surface area contributed by atoms with Gasteiger partial charge in [0.05, 0.1) is 6.42 Å². The SMILES string of the molecule is COC1c2ccccc2CC(=O)N1c1ccc(N(C)Cc2ccsc2)cc1. The van der Waals surface area contributed by atoms with E-state index in [4.69, 9.17) is 4.74 Å². The topological polar surface area (TPSA) is 32.8 Å². The van der Waals surface area contributed by atoms with Crippen LogP contribution in [-0.2, 0) is 22.5 Å². The highest BCUT2D eigenvalue weighted by Crippen LogP contribution is 2.35. The Labute approximate surface area is 163 Å². The van der Waals surface area contributed by atoms with E-state index in [1.807, 2.05) is 36.4 Å². The Kier molecular flexibility index (Phi) is 4.97. The lowest BCUT2D eigenvalue weighted by Crippen LogP contribution is -2.41. The van der Waals surface area contributed by atoms with Crippen molar-refractivity contribution in [3.8, 4) is 0 Å². The van der Waals surface area contributed by atoms with Crippen LogP contribution in [0.4, 0.5) is 11.4 Å². The molecular formula is C22H22N2O2S. The van der Waals surface area contributed by atoms with E-state index in [1.54, 1.807) is 23.3 Å². The number of methoxy groups -OCH3 is 1. The third-order valence-corrected chi connectivity index (χ3v) is 5.69. The molecule has 3 aromatic rings. The van der Waals surface area contributed by atoms with Gasteiger partial charge < -0.3 is 9.64 Å². The van der Waals surface area contributed by atoms with Crippen LogP contribution < -0.4 is 9.80 Å². The Morgan fingerprint density at radius 2 is 1.93 bits per heavy atom. The maximum absolute atomic E-state index is 12.8. The zero-order valence-electron chi connectivity index (χ0n) is 15.5. The Morgan fingerprint density at radius 3 is 2.63 bits per heavy atom. The van der Waals surface area contributed by atoms with Crippen LogP contribution in [0.15, 0.2) is 65.4 Å². The minimum atomic E-state index is -0.392. The lowest BCUT2D eigenvalue weighted by atomic mass is 9.97. The van der Waals surface area contributed by atoms with Gasteiger partial charge >= 0.3 is 0 Å². The summed E-state index contributed by atoms with van der Waals surface area (Å²) in [4.78, 5) is 16.8. The lowest BCUT2D eigenvalue weighted by Gasteiger charge is -2.36. The van der Waals surface area contributed by atoms with Crippen molar-refractivity contribution in [2.75, 3.05) is 24.0 Å². The predicted molar refractivity (Wildman–Crippen MR) is 110 cm³/mol. The average molecular weight is 378 g/mol. The molecule has 4 rings (SSSR count). The summed E-state index contributed by atoms with van der Waals surface area (Å²) < 4.78 is 5.70.